The van der Waals surface area contributed by atoms with Crippen LogP contribution in [0.1, 0.15) is 31.2 Å². The van der Waals surface area contributed by atoms with Gasteiger partial charge in [-0.1, -0.05) is 18.2 Å². The van der Waals surface area contributed by atoms with Crippen molar-refractivity contribution < 1.29 is 4.74 Å². The second-order valence-corrected chi connectivity index (χ2v) is 4.17. The topological polar surface area (TPSA) is 35.2 Å². The Morgan fingerprint density at radius 3 is 2.73 bits per heavy atom. The highest BCUT2D eigenvalue weighted by Crippen LogP contribution is 2.29. The zero-order valence-corrected chi connectivity index (χ0v) is 9.11. The standard InChI is InChI=1S/C13H19NO/c14-10-4-3-6-11-5-1-2-7-13(11)15-12-8-9-12/h1-2,5,7,12H,3-4,6,8-10,14H2. The van der Waals surface area contributed by atoms with Crippen LogP contribution < -0.4 is 10.5 Å². The van der Waals surface area contributed by atoms with E-state index >= 15 is 0 Å². The Balaban J connectivity index is 1.93. The average Bonchev–Trinajstić information content (AvgIpc) is 3.05. The molecular formula is C13H19NO. The third kappa shape index (κ3) is 3.24. The molecule has 2 heteroatoms. The molecule has 0 saturated heterocycles. The highest BCUT2D eigenvalue weighted by molar-refractivity contribution is 5.33. The van der Waals surface area contributed by atoms with Crippen LogP contribution in [0.5, 0.6) is 5.75 Å². The lowest BCUT2D eigenvalue weighted by molar-refractivity contribution is 0.299. The molecule has 1 aromatic rings. The molecule has 0 amide bonds. The molecular weight excluding hydrogens is 186 g/mol. The Kier molecular flexibility index (Phi) is 3.62. The lowest BCUT2D eigenvalue weighted by Gasteiger charge is -2.10. The number of benzene rings is 1. The van der Waals surface area contributed by atoms with Crippen LogP contribution in [-0.4, -0.2) is 12.6 Å². The fourth-order valence-electron chi connectivity index (χ4n) is 1.65. The third-order valence-corrected chi connectivity index (χ3v) is 2.69. The number of ether oxygens (including phenoxy) is 1. The van der Waals surface area contributed by atoms with E-state index in [1.165, 1.54) is 18.4 Å². The maximum absolute atomic E-state index is 5.86. The number of aryl methyl sites for hydroxylation is 1. The molecule has 2 N–H and O–H groups in total. The van der Waals surface area contributed by atoms with Gasteiger partial charge < -0.3 is 10.5 Å². The van der Waals surface area contributed by atoms with Gasteiger partial charge in [-0.3, -0.25) is 0 Å². The minimum atomic E-state index is 0.487. The number of rotatable bonds is 6. The minimum absolute atomic E-state index is 0.487. The monoisotopic (exact) mass is 205 g/mol. The highest BCUT2D eigenvalue weighted by Gasteiger charge is 2.24. The first kappa shape index (κ1) is 10.5. The van der Waals surface area contributed by atoms with Crippen LogP contribution in [0.25, 0.3) is 0 Å². The molecule has 0 bridgehead atoms. The highest BCUT2D eigenvalue weighted by atomic mass is 16.5. The SMILES string of the molecule is NCCCCc1ccccc1OC1CC1. The maximum Gasteiger partial charge on any atom is 0.122 e. The van der Waals surface area contributed by atoms with Crippen molar-refractivity contribution in [2.45, 2.75) is 38.2 Å². The number of nitrogens with two attached hydrogens (primary N) is 1. The van der Waals surface area contributed by atoms with E-state index in [9.17, 15) is 0 Å². The first-order valence-electron chi connectivity index (χ1n) is 5.85. The molecule has 1 fully saturated rings. The van der Waals surface area contributed by atoms with E-state index in [1.807, 2.05) is 6.07 Å². The Labute approximate surface area is 91.4 Å². The molecule has 1 aromatic carbocycles. The van der Waals surface area contributed by atoms with Crippen molar-refractivity contribution in [3.63, 3.8) is 0 Å². The van der Waals surface area contributed by atoms with Gasteiger partial charge in [0.25, 0.3) is 0 Å². The summed E-state index contributed by atoms with van der Waals surface area (Å²) in [7, 11) is 0. The Morgan fingerprint density at radius 2 is 2.00 bits per heavy atom. The van der Waals surface area contributed by atoms with Gasteiger partial charge in [0.05, 0.1) is 6.10 Å². The molecule has 0 aliphatic heterocycles. The zero-order chi connectivity index (χ0) is 10.5. The Morgan fingerprint density at radius 1 is 1.20 bits per heavy atom. The summed E-state index contributed by atoms with van der Waals surface area (Å²) in [6.07, 6.45) is 6.26. The fraction of sp³-hybridized carbons (Fsp3) is 0.538. The second kappa shape index (κ2) is 5.17. The predicted molar refractivity (Wildman–Crippen MR) is 62.1 cm³/mol. The summed E-state index contributed by atoms with van der Waals surface area (Å²) < 4.78 is 5.86. The van der Waals surface area contributed by atoms with Gasteiger partial charge in [-0.15, -0.1) is 0 Å². The quantitative estimate of drug-likeness (QED) is 0.724. The van der Waals surface area contributed by atoms with E-state index in [0.717, 1.165) is 31.6 Å². The molecule has 1 aliphatic carbocycles. The van der Waals surface area contributed by atoms with E-state index in [4.69, 9.17) is 10.5 Å². The molecule has 15 heavy (non-hydrogen) atoms. The first-order chi connectivity index (χ1) is 7.40. The zero-order valence-electron chi connectivity index (χ0n) is 9.11. The second-order valence-electron chi connectivity index (χ2n) is 4.17. The molecule has 0 spiro atoms. The smallest absolute Gasteiger partial charge is 0.122 e. The molecule has 2 nitrogen and oxygen atoms in total. The number of hydrogen-bond donors (Lipinski definition) is 1. The summed E-state index contributed by atoms with van der Waals surface area (Å²) in [5.74, 6) is 1.08. The molecule has 82 valence electrons. The number of unbranched alkanes of at least 4 members (excludes halogenated alkanes) is 1. The van der Waals surface area contributed by atoms with Crippen LogP contribution in [-0.2, 0) is 6.42 Å². The maximum atomic E-state index is 5.86. The van der Waals surface area contributed by atoms with Gasteiger partial charge in [0.2, 0.25) is 0 Å². The van der Waals surface area contributed by atoms with Crippen molar-refractivity contribution in [2.24, 2.45) is 5.73 Å². The third-order valence-electron chi connectivity index (χ3n) is 2.69. The first-order valence-corrected chi connectivity index (χ1v) is 5.85. The van der Waals surface area contributed by atoms with Crippen LogP contribution in [0, 0.1) is 0 Å². The molecule has 1 aliphatic rings. The van der Waals surface area contributed by atoms with Gasteiger partial charge in [0, 0.05) is 0 Å². The molecule has 0 heterocycles. The lowest BCUT2D eigenvalue weighted by Crippen LogP contribution is -2.02. The van der Waals surface area contributed by atoms with Crippen molar-refractivity contribution in [3.05, 3.63) is 29.8 Å². The van der Waals surface area contributed by atoms with Gasteiger partial charge in [-0.25, -0.2) is 0 Å². The summed E-state index contributed by atoms with van der Waals surface area (Å²) in [6.45, 7) is 0.783. The summed E-state index contributed by atoms with van der Waals surface area (Å²) in [5.41, 5.74) is 6.82. The van der Waals surface area contributed by atoms with Crippen molar-refractivity contribution in [1.82, 2.24) is 0 Å². The van der Waals surface area contributed by atoms with Gasteiger partial charge in [-0.05, 0) is 50.3 Å². The van der Waals surface area contributed by atoms with Crippen LogP contribution in [0.3, 0.4) is 0 Å². The molecule has 1 saturated carbocycles. The number of para-hydroxylation sites is 1. The van der Waals surface area contributed by atoms with Gasteiger partial charge in [0.15, 0.2) is 0 Å². The largest absolute Gasteiger partial charge is 0.490 e. The van der Waals surface area contributed by atoms with E-state index in [-0.39, 0.29) is 0 Å². The van der Waals surface area contributed by atoms with Crippen molar-refractivity contribution in [1.29, 1.82) is 0 Å². The molecule has 0 aromatic heterocycles. The van der Waals surface area contributed by atoms with E-state index < -0.39 is 0 Å². The van der Waals surface area contributed by atoms with E-state index in [0.29, 0.717) is 6.10 Å². The molecule has 0 atom stereocenters. The molecule has 2 rings (SSSR count). The van der Waals surface area contributed by atoms with E-state index in [1.54, 1.807) is 0 Å². The van der Waals surface area contributed by atoms with Crippen LogP contribution in [0.4, 0.5) is 0 Å². The molecule has 0 unspecified atom stereocenters. The normalized spacial score (nSPS) is 15.3. The molecule has 0 radical (unpaired) electrons. The van der Waals surface area contributed by atoms with Crippen molar-refractivity contribution >= 4 is 0 Å². The fourth-order valence-corrected chi connectivity index (χ4v) is 1.65. The van der Waals surface area contributed by atoms with Gasteiger partial charge in [-0.2, -0.15) is 0 Å². The summed E-state index contributed by atoms with van der Waals surface area (Å²) in [6, 6.07) is 8.37. The Hall–Kier alpha value is -1.02. The Bertz CT molecular complexity index is 307. The van der Waals surface area contributed by atoms with Crippen LogP contribution in [0.2, 0.25) is 0 Å². The van der Waals surface area contributed by atoms with Crippen molar-refractivity contribution in [2.75, 3.05) is 6.54 Å². The average molecular weight is 205 g/mol. The van der Waals surface area contributed by atoms with Crippen LogP contribution >= 0.6 is 0 Å². The summed E-state index contributed by atoms with van der Waals surface area (Å²) >= 11 is 0. The lowest BCUT2D eigenvalue weighted by atomic mass is 10.1. The summed E-state index contributed by atoms with van der Waals surface area (Å²) in [5, 5.41) is 0. The predicted octanol–water partition coefficient (Wildman–Crippen LogP) is 2.51. The van der Waals surface area contributed by atoms with Gasteiger partial charge in [0.1, 0.15) is 5.75 Å². The summed E-state index contributed by atoms with van der Waals surface area (Å²) in [4.78, 5) is 0. The van der Waals surface area contributed by atoms with E-state index in [2.05, 4.69) is 18.2 Å². The van der Waals surface area contributed by atoms with Crippen molar-refractivity contribution in [3.8, 4) is 5.75 Å². The van der Waals surface area contributed by atoms with Gasteiger partial charge >= 0.3 is 0 Å². The number of hydrogen-bond acceptors (Lipinski definition) is 2. The minimum Gasteiger partial charge on any atom is -0.490 e. The van der Waals surface area contributed by atoms with Crippen LogP contribution in [0.15, 0.2) is 24.3 Å².